The van der Waals surface area contributed by atoms with Crippen molar-refractivity contribution < 1.29 is 13.9 Å². The van der Waals surface area contributed by atoms with Gasteiger partial charge in [0.2, 0.25) is 5.91 Å². The number of carbonyl (C=O) groups is 1. The molecule has 1 fully saturated rings. The van der Waals surface area contributed by atoms with Crippen molar-refractivity contribution >= 4 is 11.6 Å². The van der Waals surface area contributed by atoms with Crippen LogP contribution >= 0.6 is 0 Å². The first-order valence-corrected chi connectivity index (χ1v) is 8.26. The van der Waals surface area contributed by atoms with Gasteiger partial charge < -0.3 is 15.8 Å². The first kappa shape index (κ1) is 17.2. The molecule has 1 aliphatic heterocycles. The van der Waals surface area contributed by atoms with E-state index >= 15 is 0 Å². The van der Waals surface area contributed by atoms with Crippen LogP contribution in [0.2, 0.25) is 0 Å². The van der Waals surface area contributed by atoms with Gasteiger partial charge in [-0.2, -0.15) is 0 Å². The second-order valence-electron chi connectivity index (χ2n) is 6.04. The van der Waals surface area contributed by atoms with Crippen molar-refractivity contribution in [2.24, 2.45) is 0 Å². The van der Waals surface area contributed by atoms with Gasteiger partial charge in [-0.15, -0.1) is 0 Å². The number of rotatable bonds is 6. The monoisotopic (exact) mass is 344 g/mol. The maximum Gasteiger partial charge on any atom is 0.234 e. The van der Waals surface area contributed by atoms with Crippen molar-refractivity contribution in [3.05, 3.63) is 48.0 Å². The summed E-state index contributed by atoms with van der Waals surface area (Å²) in [7, 11) is 0. The smallest absolute Gasteiger partial charge is 0.234 e. The van der Waals surface area contributed by atoms with E-state index in [2.05, 4.69) is 15.2 Å². The van der Waals surface area contributed by atoms with Crippen LogP contribution in [0.25, 0.3) is 0 Å². The average Bonchev–Trinajstić information content (AvgIpc) is 3.09. The lowest BCUT2D eigenvalue weighted by molar-refractivity contribution is -0.122. The number of nitrogens with zero attached hydrogens (tertiary/aromatic N) is 2. The molecule has 7 heteroatoms. The Kier molecular flexibility index (Phi) is 5.45. The molecule has 0 radical (unpaired) electrons. The number of likely N-dealkylation sites (tertiary alicyclic amines) is 1. The normalized spacial score (nSPS) is 14.4. The molecule has 1 amide bonds. The van der Waals surface area contributed by atoms with Gasteiger partial charge >= 0.3 is 0 Å². The average molecular weight is 344 g/mol. The van der Waals surface area contributed by atoms with Crippen molar-refractivity contribution in [2.75, 3.05) is 25.4 Å². The van der Waals surface area contributed by atoms with Crippen molar-refractivity contribution in [2.45, 2.75) is 19.4 Å². The summed E-state index contributed by atoms with van der Waals surface area (Å²) in [5.41, 5.74) is 6.54. The number of ether oxygens (including phenoxy) is 1. The van der Waals surface area contributed by atoms with Crippen LogP contribution in [0.1, 0.15) is 18.4 Å². The van der Waals surface area contributed by atoms with Gasteiger partial charge in [0.25, 0.3) is 0 Å². The van der Waals surface area contributed by atoms with Gasteiger partial charge in [-0.25, -0.2) is 4.39 Å². The van der Waals surface area contributed by atoms with Crippen LogP contribution in [-0.2, 0) is 11.3 Å². The number of benzene rings is 1. The third-order valence-electron chi connectivity index (χ3n) is 4.08. The van der Waals surface area contributed by atoms with Crippen molar-refractivity contribution in [3.63, 3.8) is 0 Å². The van der Waals surface area contributed by atoms with E-state index in [1.807, 2.05) is 0 Å². The van der Waals surface area contributed by atoms with Crippen LogP contribution in [0.4, 0.5) is 10.1 Å². The van der Waals surface area contributed by atoms with Crippen LogP contribution < -0.4 is 15.8 Å². The molecule has 1 aromatic carbocycles. The van der Waals surface area contributed by atoms with E-state index in [0.29, 0.717) is 23.5 Å². The molecule has 1 aliphatic rings. The van der Waals surface area contributed by atoms with Crippen LogP contribution in [0, 0.1) is 5.82 Å². The standard InChI is InChI=1S/C18H21FN4O2/c19-15-9-14(20)3-4-17(15)25-16-5-6-21-10-13(16)11-22-18(24)12-23-7-1-2-8-23/h3-6,9-10H,1-2,7-8,11-12,20H2,(H,22,24). The fourth-order valence-electron chi connectivity index (χ4n) is 2.76. The van der Waals surface area contributed by atoms with Gasteiger partial charge in [0.1, 0.15) is 5.75 Å². The highest BCUT2D eigenvalue weighted by Gasteiger charge is 2.15. The number of nitrogens with one attached hydrogen (secondary N) is 1. The summed E-state index contributed by atoms with van der Waals surface area (Å²) >= 11 is 0. The number of hydrogen-bond donors (Lipinski definition) is 2. The predicted octanol–water partition coefficient (Wildman–Crippen LogP) is 2.31. The maximum atomic E-state index is 13.9. The molecule has 3 N–H and O–H groups in total. The van der Waals surface area contributed by atoms with E-state index in [9.17, 15) is 9.18 Å². The summed E-state index contributed by atoms with van der Waals surface area (Å²) in [5, 5.41) is 2.86. The fraction of sp³-hybridized carbons (Fsp3) is 0.333. The van der Waals surface area contributed by atoms with E-state index in [1.54, 1.807) is 24.5 Å². The summed E-state index contributed by atoms with van der Waals surface area (Å²) in [6.45, 7) is 2.59. The molecular weight excluding hydrogens is 323 g/mol. The number of anilines is 1. The topological polar surface area (TPSA) is 80.5 Å². The van der Waals surface area contributed by atoms with Gasteiger partial charge in [0.15, 0.2) is 11.6 Å². The summed E-state index contributed by atoms with van der Waals surface area (Å²) in [6, 6.07) is 5.88. The predicted molar refractivity (Wildman–Crippen MR) is 92.6 cm³/mol. The summed E-state index contributed by atoms with van der Waals surface area (Å²) < 4.78 is 19.5. The number of aromatic nitrogens is 1. The van der Waals surface area contributed by atoms with Crippen molar-refractivity contribution in [1.82, 2.24) is 15.2 Å². The number of pyridine rings is 1. The highest BCUT2D eigenvalue weighted by Crippen LogP contribution is 2.28. The zero-order chi connectivity index (χ0) is 17.6. The molecular formula is C18H21FN4O2. The Balaban J connectivity index is 1.63. The van der Waals surface area contributed by atoms with E-state index < -0.39 is 5.82 Å². The Bertz CT molecular complexity index is 748. The Morgan fingerprint density at radius 3 is 2.84 bits per heavy atom. The van der Waals surface area contributed by atoms with Gasteiger partial charge in [-0.05, 0) is 44.1 Å². The molecule has 0 unspecified atom stereocenters. The minimum Gasteiger partial charge on any atom is -0.454 e. The van der Waals surface area contributed by atoms with Crippen LogP contribution in [0.5, 0.6) is 11.5 Å². The first-order chi connectivity index (χ1) is 12.1. The van der Waals surface area contributed by atoms with E-state index in [-0.39, 0.29) is 18.2 Å². The Morgan fingerprint density at radius 1 is 1.28 bits per heavy atom. The number of carbonyl (C=O) groups excluding carboxylic acids is 1. The molecule has 0 bridgehead atoms. The quantitative estimate of drug-likeness (QED) is 0.786. The number of nitrogens with two attached hydrogens (primary N) is 1. The molecule has 0 spiro atoms. The van der Waals surface area contributed by atoms with E-state index in [1.165, 1.54) is 12.1 Å². The largest absolute Gasteiger partial charge is 0.454 e. The molecule has 1 saturated heterocycles. The number of nitrogen functional groups attached to an aromatic ring is 1. The van der Waals surface area contributed by atoms with Crippen LogP contribution in [0.15, 0.2) is 36.7 Å². The molecule has 132 valence electrons. The summed E-state index contributed by atoms with van der Waals surface area (Å²) in [6.07, 6.45) is 5.43. The first-order valence-electron chi connectivity index (χ1n) is 8.26. The molecule has 2 heterocycles. The molecule has 0 saturated carbocycles. The van der Waals surface area contributed by atoms with Crippen molar-refractivity contribution in [1.29, 1.82) is 0 Å². The Hall–Kier alpha value is -2.67. The highest BCUT2D eigenvalue weighted by atomic mass is 19.1. The molecule has 3 rings (SSSR count). The second kappa shape index (κ2) is 7.94. The zero-order valence-corrected chi connectivity index (χ0v) is 13.9. The van der Waals surface area contributed by atoms with E-state index in [0.717, 1.165) is 25.9 Å². The van der Waals surface area contributed by atoms with Gasteiger partial charge in [-0.1, -0.05) is 0 Å². The molecule has 0 aliphatic carbocycles. The minimum absolute atomic E-state index is 0.0460. The minimum atomic E-state index is -0.541. The second-order valence-corrected chi connectivity index (χ2v) is 6.04. The lowest BCUT2D eigenvalue weighted by Crippen LogP contribution is -2.35. The Labute approximate surface area is 145 Å². The number of amides is 1. The van der Waals surface area contributed by atoms with Crippen LogP contribution in [-0.4, -0.2) is 35.4 Å². The molecule has 25 heavy (non-hydrogen) atoms. The van der Waals surface area contributed by atoms with Gasteiger partial charge in [-0.3, -0.25) is 14.7 Å². The Morgan fingerprint density at radius 2 is 2.08 bits per heavy atom. The fourth-order valence-corrected chi connectivity index (χ4v) is 2.76. The molecule has 2 aromatic rings. The lowest BCUT2D eigenvalue weighted by atomic mass is 10.2. The number of halogens is 1. The molecule has 0 atom stereocenters. The van der Waals surface area contributed by atoms with Crippen molar-refractivity contribution in [3.8, 4) is 11.5 Å². The maximum absolute atomic E-state index is 13.9. The van der Waals surface area contributed by atoms with E-state index in [4.69, 9.17) is 10.5 Å². The molecule has 6 nitrogen and oxygen atoms in total. The van der Waals surface area contributed by atoms with Gasteiger partial charge in [0, 0.05) is 36.3 Å². The lowest BCUT2D eigenvalue weighted by Gasteiger charge is -2.15. The summed E-state index contributed by atoms with van der Waals surface area (Å²) in [5.74, 6) is -0.0682. The molecule has 1 aromatic heterocycles. The zero-order valence-electron chi connectivity index (χ0n) is 13.9. The van der Waals surface area contributed by atoms with Crippen LogP contribution in [0.3, 0.4) is 0 Å². The SMILES string of the molecule is Nc1ccc(Oc2ccncc2CNC(=O)CN2CCCC2)c(F)c1. The number of hydrogen-bond acceptors (Lipinski definition) is 5. The third kappa shape index (κ3) is 4.67. The third-order valence-corrected chi connectivity index (χ3v) is 4.08. The highest BCUT2D eigenvalue weighted by molar-refractivity contribution is 5.78. The van der Waals surface area contributed by atoms with Gasteiger partial charge in [0.05, 0.1) is 6.54 Å². The summed E-state index contributed by atoms with van der Waals surface area (Å²) in [4.78, 5) is 18.2.